The minimum atomic E-state index is -0.391. The molecule has 1 unspecified atom stereocenters. The van der Waals surface area contributed by atoms with Crippen molar-refractivity contribution >= 4 is 0 Å². The molecular weight excluding hydrogens is 439 g/mol. The standard InChI is InChI=1S/C29H37FN4O/c1-4-5-11-26(35)19-33(22(2)3)21-28-27-20-32(18-23-12-14-24(30)15-13-23)17-16-29(27)34(31-28)25-9-7-6-8-10-25/h4,6-10,12-15,22,26,35H,1,5,11,16-21H2,2-3H3. The summed E-state index contributed by atoms with van der Waals surface area (Å²) in [5.74, 6) is -0.204. The van der Waals surface area contributed by atoms with E-state index < -0.39 is 6.10 Å². The highest BCUT2D eigenvalue weighted by atomic mass is 19.1. The van der Waals surface area contributed by atoms with E-state index in [9.17, 15) is 9.50 Å². The minimum absolute atomic E-state index is 0.204. The van der Waals surface area contributed by atoms with E-state index in [1.165, 1.54) is 23.4 Å². The molecule has 35 heavy (non-hydrogen) atoms. The van der Waals surface area contributed by atoms with Crippen LogP contribution >= 0.6 is 0 Å². The summed E-state index contributed by atoms with van der Waals surface area (Å²) in [6.07, 6.45) is 3.90. The summed E-state index contributed by atoms with van der Waals surface area (Å²) in [6, 6.07) is 17.4. The molecule has 0 aliphatic carbocycles. The normalized spacial score (nSPS) is 14.9. The Kier molecular flexibility index (Phi) is 8.50. The summed E-state index contributed by atoms with van der Waals surface area (Å²) in [6.45, 7) is 11.9. The Morgan fingerprint density at radius 3 is 2.57 bits per heavy atom. The number of aromatic nitrogens is 2. The first-order valence-corrected chi connectivity index (χ1v) is 12.6. The fourth-order valence-corrected chi connectivity index (χ4v) is 4.76. The van der Waals surface area contributed by atoms with E-state index in [0.717, 1.165) is 49.4 Å². The molecule has 0 fully saturated rings. The number of rotatable bonds is 11. The zero-order valence-corrected chi connectivity index (χ0v) is 20.9. The number of benzene rings is 2. The van der Waals surface area contributed by atoms with Gasteiger partial charge in [-0.2, -0.15) is 5.10 Å². The van der Waals surface area contributed by atoms with Gasteiger partial charge in [-0.25, -0.2) is 9.07 Å². The largest absolute Gasteiger partial charge is 0.392 e. The maximum atomic E-state index is 13.4. The van der Waals surface area contributed by atoms with Crippen LogP contribution in [0.5, 0.6) is 0 Å². The third-order valence-corrected chi connectivity index (χ3v) is 6.77. The van der Waals surface area contributed by atoms with Crippen LogP contribution in [-0.4, -0.2) is 49.9 Å². The SMILES string of the molecule is C=CCCC(O)CN(Cc1nn(-c2ccccc2)c2c1CN(Cc1ccc(F)cc1)CC2)C(C)C. The smallest absolute Gasteiger partial charge is 0.123 e. The maximum absolute atomic E-state index is 13.4. The summed E-state index contributed by atoms with van der Waals surface area (Å²) in [5, 5.41) is 15.7. The van der Waals surface area contributed by atoms with Crippen LogP contribution in [0.25, 0.3) is 5.69 Å². The molecule has 2 aromatic carbocycles. The first kappa shape index (κ1) is 25.3. The fourth-order valence-electron chi connectivity index (χ4n) is 4.76. The van der Waals surface area contributed by atoms with Crippen LogP contribution in [0.15, 0.2) is 67.3 Å². The van der Waals surface area contributed by atoms with Gasteiger partial charge in [0.05, 0.1) is 23.2 Å². The average molecular weight is 477 g/mol. The lowest BCUT2D eigenvalue weighted by atomic mass is 10.0. The summed E-state index contributed by atoms with van der Waals surface area (Å²) in [7, 11) is 0. The number of halogens is 1. The molecule has 0 saturated carbocycles. The Bertz CT molecular complexity index is 1090. The minimum Gasteiger partial charge on any atom is -0.392 e. The molecule has 1 aliphatic rings. The molecule has 1 N–H and O–H groups in total. The predicted molar refractivity (Wildman–Crippen MR) is 139 cm³/mol. The van der Waals surface area contributed by atoms with Crippen molar-refractivity contribution in [3.8, 4) is 5.69 Å². The van der Waals surface area contributed by atoms with E-state index in [2.05, 4.69) is 47.0 Å². The summed E-state index contributed by atoms with van der Waals surface area (Å²) < 4.78 is 15.5. The van der Waals surface area contributed by atoms with Crippen molar-refractivity contribution in [1.82, 2.24) is 19.6 Å². The summed E-state index contributed by atoms with van der Waals surface area (Å²) in [5.41, 5.74) is 5.79. The Hall–Kier alpha value is -2.80. The number of aliphatic hydroxyl groups is 1. The number of hydrogen-bond acceptors (Lipinski definition) is 4. The van der Waals surface area contributed by atoms with Gasteiger partial charge in [0.15, 0.2) is 0 Å². The fraction of sp³-hybridized carbons (Fsp3) is 0.414. The quantitative estimate of drug-likeness (QED) is 0.391. The monoisotopic (exact) mass is 476 g/mol. The van der Waals surface area contributed by atoms with E-state index in [1.54, 1.807) is 0 Å². The van der Waals surface area contributed by atoms with Gasteiger partial charge in [0.2, 0.25) is 0 Å². The van der Waals surface area contributed by atoms with Crippen LogP contribution in [0.4, 0.5) is 4.39 Å². The molecule has 6 heteroatoms. The summed E-state index contributed by atoms with van der Waals surface area (Å²) >= 11 is 0. The number of aliphatic hydroxyl groups excluding tert-OH is 1. The Labute approximate surface area is 208 Å². The molecule has 1 aromatic heterocycles. The highest BCUT2D eigenvalue weighted by Crippen LogP contribution is 2.28. The first-order chi connectivity index (χ1) is 16.9. The molecule has 0 spiro atoms. The molecule has 0 amide bonds. The molecule has 5 nitrogen and oxygen atoms in total. The highest BCUT2D eigenvalue weighted by Gasteiger charge is 2.27. The van der Waals surface area contributed by atoms with E-state index in [4.69, 9.17) is 5.10 Å². The summed E-state index contributed by atoms with van der Waals surface area (Å²) in [4.78, 5) is 4.72. The first-order valence-electron chi connectivity index (χ1n) is 12.6. The third-order valence-electron chi connectivity index (χ3n) is 6.77. The molecular formula is C29H37FN4O. The van der Waals surface area contributed by atoms with Gasteiger partial charge in [-0.15, -0.1) is 6.58 Å². The van der Waals surface area contributed by atoms with Crippen molar-refractivity contribution in [3.05, 3.63) is 95.6 Å². The van der Waals surface area contributed by atoms with E-state index in [-0.39, 0.29) is 11.9 Å². The van der Waals surface area contributed by atoms with E-state index in [1.807, 2.05) is 36.4 Å². The van der Waals surface area contributed by atoms with E-state index >= 15 is 0 Å². The number of hydrogen-bond donors (Lipinski definition) is 1. The van der Waals surface area contributed by atoms with Crippen molar-refractivity contribution in [1.29, 1.82) is 0 Å². The number of para-hydroxylation sites is 1. The topological polar surface area (TPSA) is 44.5 Å². The molecule has 0 bridgehead atoms. The Morgan fingerprint density at radius 1 is 1.14 bits per heavy atom. The van der Waals surface area contributed by atoms with Crippen molar-refractivity contribution in [3.63, 3.8) is 0 Å². The van der Waals surface area contributed by atoms with Crippen molar-refractivity contribution < 1.29 is 9.50 Å². The number of nitrogens with zero attached hydrogens (tertiary/aromatic N) is 4. The zero-order chi connectivity index (χ0) is 24.8. The lowest BCUT2D eigenvalue weighted by Gasteiger charge is -2.30. The van der Waals surface area contributed by atoms with E-state index in [0.29, 0.717) is 19.5 Å². The number of fused-ring (bicyclic) bond motifs is 1. The molecule has 2 heterocycles. The lowest BCUT2D eigenvalue weighted by molar-refractivity contribution is 0.0843. The van der Waals surface area contributed by atoms with Gasteiger partial charge >= 0.3 is 0 Å². The third kappa shape index (κ3) is 6.45. The van der Waals surface area contributed by atoms with Gasteiger partial charge < -0.3 is 5.11 Å². The molecule has 4 rings (SSSR count). The molecule has 186 valence electrons. The Balaban J connectivity index is 1.60. The highest BCUT2D eigenvalue weighted by molar-refractivity contribution is 5.39. The van der Waals surface area contributed by atoms with Crippen LogP contribution in [0.2, 0.25) is 0 Å². The van der Waals surface area contributed by atoms with Crippen molar-refractivity contribution in [2.75, 3.05) is 13.1 Å². The van der Waals surface area contributed by atoms with Gasteiger partial charge in [-0.05, 0) is 56.5 Å². The predicted octanol–water partition coefficient (Wildman–Crippen LogP) is 5.11. The van der Waals surface area contributed by atoms with Crippen LogP contribution in [-0.2, 0) is 26.1 Å². The van der Waals surface area contributed by atoms with Gasteiger partial charge in [0.1, 0.15) is 5.82 Å². The maximum Gasteiger partial charge on any atom is 0.123 e. The second kappa shape index (κ2) is 11.8. The second-order valence-corrected chi connectivity index (χ2v) is 9.75. The molecule has 1 aliphatic heterocycles. The molecule has 0 radical (unpaired) electrons. The lowest BCUT2D eigenvalue weighted by Crippen LogP contribution is -2.38. The van der Waals surface area contributed by atoms with Gasteiger partial charge in [-0.3, -0.25) is 9.80 Å². The molecule has 1 atom stereocenters. The molecule has 3 aromatic rings. The van der Waals surface area contributed by atoms with Crippen molar-refractivity contribution in [2.24, 2.45) is 0 Å². The van der Waals surface area contributed by atoms with Gasteiger partial charge in [0, 0.05) is 50.7 Å². The van der Waals surface area contributed by atoms with Crippen LogP contribution < -0.4 is 0 Å². The zero-order valence-electron chi connectivity index (χ0n) is 20.9. The van der Waals surface area contributed by atoms with Crippen molar-refractivity contribution in [2.45, 2.75) is 64.9 Å². The van der Waals surface area contributed by atoms with Crippen LogP contribution in [0.1, 0.15) is 49.2 Å². The van der Waals surface area contributed by atoms with Crippen LogP contribution in [0, 0.1) is 5.82 Å². The molecule has 0 saturated heterocycles. The second-order valence-electron chi connectivity index (χ2n) is 9.75. The van der Waals surface area contributed by atoms with Crippen LogP contribution in [0.3, 0.4) is 0 Å². The Morgan fingerprint density at radius 2 is 1.89 bits per heavy atom. The number of allylic oxidation sites excluding steroid dienone is 1. The average Bonchev–Trinajstić information content (AvgIpc) is 3.22. The van der Waals surface area contributed by atoms with Gasteiger partial charge in [0.25, 0.3) is 0 Å². The van der Waals surface area contributed by atoms with Gasteiger partial charge in [-0.1, -0.05) is 36.4 Å².